The van der Waals surface area contributed by atoms with Crippen LogP contribution in [-0.2, 0) is 36.6 Å². The predicted molar refractivity (Wildman–Crippen MR) is 147 cm³/mol. The van der Waals surface area contributed by atoms with Crippen molar-refractivity contribution in [2.75, 3.05) is 19.3 Å². The van der Waals surface area contributed by atoms with E-state index in [0.29, 0.717) is 32.4 Å². The second-order valence-electron chi connectivity index (χ2n) is 10.3. The van der Waals surface area contributed by atoms with E-state index in [0.717, 1.165) is 17.7 Å². The number of nitrogens with zero attached hydrogens (tertiary/aromatic N) is 1. The molecule has 1 aliphatic rings. The molecule has 0 bridgehead atoms. The Morgan fingerprint density at radius 3 is 2.19 bits per heavy atom. The summed E-state index contributed by atoms with van der Waals surface area (Å²) in [5.41, 5.74) is 0.0679. The highest BCUT2D eigenvalue weighted by Gasteiger charge is 2.42. The van der Waals surface area contributed by atoms with Crippen LogP contribution in [0.2, 0.25) is 0 Å². The van der Waals surface area contributed by atoms with Crippen LogP contribution in [0.1, 0.15) is 37.8 Å². The number of alkyl halides is 3. The Morgan fingerprint density at radius 1 is 1.05 bits per heavy atom. The highest BCUT2D eigenvalue weighted by Crippen LogP contribution is 2.39. The van der Waals surface area contributed by atoms with E-state index < -0.39 is 41.8 Å². The van der Waals surface area contributed by atoms with E-state index in [1.54, 1.807) is 18.7 Å². The highest BCUT2D eigenvalue weighted by molar-refractivity contribution is 8.01. The maximum atomic E-state index is 13.9. The average Bonchev–Trinajstić information content (AvgIpc) is 2.82. The van der Waals surface area contributed by atoms with Gasteiger partial charge in [0.1, 0.15) is 6.04 Å². The summed E-state index contributed by atoms with van der Waals surface area (Å²) in [6.45, 7) is 4.33. The molecule has 3 unspecified atom stereocenters. The summed E-state index contributed by atoms with van der Waals surface area (Å²) >= 11 is 0. The fourth-order valence-electron chi connectivity index (χ4n) is 4.80. The number of rotatable bonds is 8. The Labute approximate surface area is 218 Å². The second-order valence-corrected chi connectivity index (χ2v) is 15.4. The number of likely N-dealkylation sites (tertiary alicyclic amines) is 1. The summed E-state index contributed by atoms with van der Waals surface area (Å²) in [6, 6.07) is 13.3. The monoisotopic (exact) mass is 556 g/mol. The van der Waals surface area contributed by atoms with E-state index >= 15 is 0 Å². The third-order valence-corrected chi connectivity index (χ3v) is 11.0. The molecule has 37 heavy (non-hydrogen) atoms. The van der Waals surface area contributed by atoms with Gasteiger partial charge in [-0.25, -0.2) is 4.72 Å². The summed E-state index contributed by atoms with van der Waals surface area (Å²) in [5.74, 6) is 7.23. The van der Waals surface area contributed by atoms with Crippen molar-refractivity contribution in [1.82, 2.24) is 9.62 Å². The Kier molecular flexibility index (Phi) is 8.56. The van der Waals surface area contributed by atoms with Crippen molar-refractivity contribution in [2.45, 2.75) is 55.0 Å². The van der Waals surface area contributed by atoms with Gasteiger partial charge in [-0.05, 0) is 74.5 Å². The van der Waals surface area contributed by atoms with Gasteiger partial charge >= 0.3 is 6.18 Å². The zero-order chi connectivity index (χ0) is 27.6. The molecule has 0 aromatic heterocycles. The van der Waals surface area contributed by atoms with Crippen LogP contribution in [-0.4, -0.2) is 61.1 Å². The van der Waals surface area contributed by atoms with Gasteiger partial charge in [0.25, 0.3) is 0 Å². The molecule has 3 atom stereocenters. The number of hydrogen-bond acceptors (Lipinski definition) is 3. The fraction of sp³-hybridized carbons (Fsp3) is 0.444. The van der Waals surface area contributed by atoms with Crippen LogP contribution in [0.5, 0.6) is 0 Å². The first-order chi connectivity index (χ1) is 17.0. The molecule has 0 aliphatic carbocycles. The molecule has 0 saturated carbocycles. The Morgan fingerprint density at radius 2 is 1.65 bits per heavy atom. The lowest BCUT2D eigenvalue weighted by atomic mass is 9.85. The van der Waals surface area contributed by atoms with Crippen LogP contribution in [0.4, 0.5) is 13.2 Å². The zero-order valence-corrected chi connectivity index (χ0v) is 23.1. The quantitative estimate of drug-likeness (QED) is 0.495. The van der Waals surface area contributed by atoms with Crippen molar-refractivity contribution >= 4 is 36.9 Å². The van der Waals surface area contributed by atoms with Gasteiger partial charge in [0.15, 0.2) is 0 Å². The summed E-state index contributed by atoms with van der Waals surface area (Å²) < 4.78 is 68.0. The van der Waals surface area contributed by atoms with Gasteiger partial charge < -0.3 is 4.90 Å². The van der Waals surface area contributed by atoms with Crippen molar-refractivity contribution < 1.29 is 26.4 Å². The van der Waals surface area contributed by atoms with Crippen LogP contribution >= 0.6 is 0 Å². The maximum absolute atomic E-state index is 13.9. The molecule has 2 aromatic rings. The molecule has 5 nitrogen and oxygen atoms in total. The van der Waals surface area contributed by atoms with E-state index in [4.69, 9.17) is 0 Å². The zero-order valence-electron chi connectivity index (χ0n) is 21.4. The number of hydrogen-bond donors (Lipinski definition) is 1. The highest BCUT2D eigenvalue weighted by atomic mass is 32.2. The Hall–Kier alpha value is -2.30. The Balaban J connectivity index is 1.75. The third kappa shape index (κ3) is 6.97. The number of halogens is 3. The maximum Gasteiger partial charge on any atom is 0.416 e. The minimum atomic E-state index is -4.54. The largest absolute Gasteiger partial charge is 0.416 e. The Bertz CT molecular complexity index is 1310. The SMILES string of the molecule is C=S(C)(=O)NC(Cc1ccccc1)C(=O)N1CCC(C(C)(C)S(=C)(=O)c2cccc(C(F)(F)F)c2)CC1. The van der Waals surface area contributed by atoms with Crippen molar-refractivity contribution in [3.8, 4) is 0 Å². The standard InChI is InChI=1S/C27H35F3N2O3S2/c1-26(2,37(5,35)23-13-9-12-22(19-23)27(28,29)30)21-14-16-32(17-15-21)25(33)24(31-36(3,4)34)18-20-10-7-6-8-11-20/h6-13,19,21,24H,3,5,14-18H2,1-2,4H3,(H,31,34). The van der Waals surface area contributed by atoms with Crippen LogP contribution in [0, 0.1) is 5.92 Å². The summed E-state index contributed by atoms with van der Waals surface area (Å²) in [4.78, 5) is 15.2. The first kappa shape index (κ1) is 29.3. The molecule has 0 spiro atoms. The second kappa shape index (κ2) is 10.8. The van der Waals surface area contributed by atoms with Crippen molar-refractivity contribution in [1.29, 1.82) is 0 Å². The minimum absolute atomic E-state index is 0.0751. The van der Waals surface area contributed by atoms with E-state index in [9.17, 15) is 26.4 Å². The number of benzene rings is 2. The summed E-state index contributed by atoms with van der Waals surface area (Å²) in [6.07, 6.45) is -1.69. The lowest BCUT2D eigenvalue weighted by molar-refractivity contribution is -0.137. The first-order valence-electron chi connectivity index (χ1n) is 12.0. The minimum Gasteiger partial charge on any atom is -0.341 e. The predicted octanol–water partition coefficient (Wildman–Crippen LogP) is 4.26. The first-order valence-corrected chi connectivity index (χ1v) is 15.8. The number of piperidine rings is 1. The smallest absolute Gasteiger partial charge is 0.341 e. The van der Waals surface area contributed by atoms with E-state index in [1.807, 2.05) is 30.3 Å². The van der Waals surface area contributed by atoms with Gasteiger partial charge in [-0.15, -0.1) is 0 Å². The van der Waals surface area contributed by atoms with Gasteiger partial charge in [-0.3, -0.25) is 13.2 Å². The molecular formula is C27H35F3N2O3S2. The van der Waals surface area contributed by atoms with Gasteiger partial charge in [0.2, 0.25) is 5.91 Å². The normalized spacial score (nSPS) is 19.6. The number of carbonyl (C=O) groups excluding carboxylic acids is 1. The molecule has 1 aliphatic heterocycles. The third-order valence-electron chi connectivity index (χ3n) is 7.15. The average molecular weight is 557 g/mol. The van der Waals surface area contributed by atoms with E-state index in [-0.39, 0.29) is 16.7 Å². The van der Waals surface area contributed by atoms with Gasteiger partial charge in [0.05, 0.1) is 5.56 Å². The molecular weight excluding hydrogens is 521 g/mol. The molecule has 1 N–H and O–H groups in total. The number of carbonyl (C=O) groups is 1. The van der Waals surface area contributed by atoms with Crippen LogP contribution in [0.15, 0.2) is 59.5 Å². The van der Waals surface area contributed by atoms with Crippen molar-refractivity contribution in [2.24, 2.45) is 5.92 Å². The molecule has 1 heterocycles. The van der Waals surface area contributed by atoms with Gasteiger partial charge in [0, 0.05) is 48.2 Å². The topological polar surface area (TPSA) is 66.5 Å². The molecule has 3 rings (SSSR count). The number of amides is 1. The molecule has 1 amide bonds. The molecule has 1 fully saturated rings. The molecule has 10 heteroatoms. The van der Waals surface area contributed by atoms with Crippen LogP contribution < -0.4 is 4.72 Å². The van der Waals surface area contributed by atoms with Crippen LogP contribution in [0.25, 0.3) is 0 Å². The molecule has 2 aromatic carbocycles. The van der Waals surface area contributed by atoms with E-state index in [1.165, 1.54) is 18.4 Å². The van der Waals surface area contributed by atoms with Gasteiger partial charge in [-0.1, -0.05) is 36.4 Å². The summed E-state index contributed by atoms with van der Waals surface area (Å²) in [7, 11) is -5.75. The lowest BCUT2D eigenvalue weighted by Crippen LogP contribution is -2.53. The molecule has 1 saturated heterocycles. The molecule has 204 valence electrons. The fourth-order valence-corrected chi connectivity index (χ4v) is 7.58. The lowest BCUT2D eigenvalue weighted by Gasteiger charge is -2.43. The van der Waals surface area contributed by atoms with E-state index in [2.05, 4.69) is 16.5 Å². The molecule has 0 radical (unpaired) electrons. The van der Waals surface area contributed by atoms with Gasteiger partial charge in [-0.2, -0.15) is 13.2 Å². The number of nitrogens with one attached hydrogen (secondary N) is 1. The van der Waals surface area contributed by atoms with Crippen molar-refractivity contribution in [3.63, 3.8) is 0 Å². The van der Waals surface area contributed by atoms with Crippen molar-refractivity contribution in [3.05, 3.63) is 65.7 Å². The summed E-state index contributed by atoms with van der Waals surface area (Å²) in [5, 5.41) is 0. The van der Waals surface area contributed by atoms with Crippen LogP contribution in [0.3, 0.4) is 0 Å².